The van der Waals surface area contributed by atoms with Gasteiger partial charge in [0.25, 0.3) is 0 Å². The molecule has 128 valence electrons. The van der Waals surface area contributed by atoms with E-state index in [0.717, 1.165) is 49.6 Å². The second-order valence-electron chi connectivity index (χ2n) is 5.95. The van der Waals surface area contributed by atoms with Crippen LogP contribution in [0.25, 0.3) is 0 Å². The first kappa shape index (κ1) is 16.6. The van der Waals surface area contributed by atoms with Gasteiger partial charge in [0.15, 0.2) is 0 Å². The molecule has 3 nitrogen and oxygen atoms in total. The monoisotopic (exact) mass is 336 g/mol. The highest BCUT2D eigenvalue weighted by atomic mass is 19.4. The highest BCUT2D eigenvalue weighted by Gasteiger charge is 2.30. The Labute approximate surface area is 138 Å². The Balaban J connectivity index is 1.57. The molecule has 0 aromatic heterocycles. The summed E-state index contributed by atoms with van der Waals surface area (Å²) in [6.45, 7) is 3.79. The minimum absolute atomic E-state index is 0.272. The molecular formula is C18H19F3N2O. The molecule has 0 spiro atoms. The van der Waals surface area contributed by atoms with Crippen molar-refractivity contribution in [2.75, 3.05) is 31.1 Å². The van der Waals surface area contributed by atoms with Crippen molar-refractivity contribution in [2.24, 2.45) is 0 Å². The number of piperazine rings is 1. The van der Waals surface area contributed by atoms with Crippen molar-refractivity contribution in [1.82, 2.24) is 4.90 Å². The average Bonchev–Trinajstić information content (AvgIpc) is 2.56. The molecule has 3 rings (SSSR count). The Morgan fingerprint density at radius 1 is 0.875 bits per heavy atom. The second kappa shape index (κ2) is 6.73. The Hall–Kier alpha value is -2.21. The molecule has 6 heteroatoms. The summed E-state index contributed by atoms with van der Waals surface area (Å²) in [4.78, 5) is 4.33. The lowest BCUT2D eigenvalue weighted by Gasteiger charge is -2.36. The van der Waals surface area contributed by atoms with Crippen LogP contribution in [0.5, 0.6) is 5.75 Å². The minimum Gasteiger partial charge on any atom is -0.506 e. The fourth-order valence-corrected chi connectivity index (χ4v) is 2.94. The molecule has 0 saturated carbocycles. The van der Waals surface area contributed by atoms with Crippen LogP contribution in [0.2, 0.25) is 0 Å². The number of rotatable bonds is 3. The van der Waals surface area contributed by atoms with E-state index in [0.29, 0.717) is 6.54 Å². The first-order valence-electron chi connectivity index (χ1n) is 7.85. The predicted molar refractivity (Wildman–Crippen MR) is 87.0 cm³/mol. The van der Waals surface area contributed by atoms with E-state index in [1.807, 2.05) is 12.1 Å². The summed E-state index contributed by atoms with van der Waals surface area (Å²) in [5.74, 6) is 0.272. The van der Waals surface area contributed by atoms with Gasteiger partial charge in [0.05, 0.1) is 11.3 Å². The van der Waals surface area contributed by atoms with Crippen molar-refractivity contribution < 1.29 is 18.3 Å². The number of alkyl halides is 3. The molecule has 0 atom stereocenters. The molecule has 1 saturated heterocycles. The van der Waals surface area contributed by atoms with E-state index in [9.17, 15) is 18.3 Å². The molecule has 0 aliphatic carbocycles. The van der Waals surface area contributed by atoms with Crippen molar-refractivity contribution in [3.63, 3.8) is 0 Å². The number of phenols is 1. The van der Waals surface area contributed by atoms with Crippen LogP contribution in [0, 0.1) is 0 Å². The van der Waals surface area contributed by atoms with Crippen LogP contribution >= 0.6 is 0 Å². The largest absolute Gasteiger partial charge is 0.506 e. The molecule has 2 aromatic carbocycles. The maximum atomic E-state index is 12.6. The second-order valence-corrected chi connectivity index (χ2v) is 5.95. The highest BCUT2D eigenvalue weighted by molar-refractivity contribution is 5.57. The van der Waals surface area contributed by atoms with E-state index in [-0.39, 0.29) is 5.75 Å². The van der Waals surface area contributed by atoms with Gasteiger partial charge in [-0.15, -0.1) is 0 Å². The number of hydrogen-bond acceptors (Lipinski definition) is 3. The van der Waals surface area contributed by atoms with Gasteiger partial charge in [-0.1, -0.05) is 24.3 Å². The summed E-state index contributed by atoms with van der Waals surface area (Å²) >= 11 is 0. The number of hydrogen-bond donors (Lipinski definition) is 1. The molecule has 24 heavy (non-hydrogen) atoms. The third-order valence-electron chi connectivity index (χ3n) is 4.28. The summed E-state index contributed by atoms with van der Waals surface area (Å²) < 4.78 is 37.7. The zero-order valence-electron chi connectivity index (χ0n) is 13.1. The molecule has 1 aliphatic heterocycles. The topological polar surface area (TPSA) is 26.7 Å². The summed E-state index contributed by atoms with van der Waals surface area (Å²) in [6.07, 6.45) is -4.29. The van der Waals surface area contributed by atoms with Crippen LogP contribution in [0.4, 0.5) is 18.9 Å². The molecule has 0 bridgehead atoms. The van der Waals surface area contributed by atoms with E-state index in [2.05, 4.69) is 9.80 Å². The van der Waals surface area contributed by atoms with Crippen LogP contribution in [-0.4, -0.2) is 36.2 Å². The third-order valence-corrected chi connectivity index (χ3v) is 4.28. The zero-order valence-corrected chi connectivity index (χ0v) is 13.1. The Kier molecular flexibility index (Phi) is 4.66. The Morgan fingerprint density at radius 3 is 2.08 bits per heavy atom. The molecule has 1 fully saturated rings. The van der Waals surface area contributed by atoms with Gasteiger partial charge < -0.3 is 10.0 Å². The van der Waals surface area contributed by atoms with Crippen molar-refractivity contribution in [3.8, 4) is 5.75 Å². The van der Waals surface area contributed by atoms with Crippen LogP contribution in [0.15, 0.2) is 48.5 Å². The molecule has 0 unspecified atom stereocenters. The third kappa shape index (κ3) is 3.82. The number of benzene rings is 2. The fraction of sp³-hybridized carbons (Fsp3) is 0.333. The number of phenolic OH excluding ortho intramolecular Hbond substituents is 1. The summed E-state index contributed by atoms with van der Waals surface area (Å²) in [5, 5.41) is 9.91. The predicted octanol–water partition coefficient (Wildman–Crippen LogP) is 3.73. The van der Waals surface area contributed by atoms with Gasteiger partial charge in [-0.3, -0.25) is 4.90 Å². The standard InChI is InChI=1S/C18H19F3N2O/c19-18(20,21)15-7-5-14(6-8-15)13-22-9-11-23(12-10-22)16-3-1-2-4-17(16)24/h1-8,24H,9-13H2. The number of aromatic hydroxyl groups is 1. The van der Waals surface area contributed by atoms with E-state index >= 15 is 0 Å². The van der Waals surface area contributed by atoms with Gasteiger partial charge in [-0.25, -0.2) is 0 Å². The van der Waals surface area contributed by atoms with Gasteiger partial charge in [0, 0.05) is 32.7 Å². The Morgan fingerprint density at radius 2 is 1.50 bits per heavy atom. The summed E-state index contributed by atoms with van der Waals surface area (Å²) in [5.41, 5.74) is 1.08. The number of para-hydroxylation sites is 2. The molecule has 1 aliphatic rings. The van der Waals surface area contributed by atoms with E-state index in [1.165, 1.54) is 12.1 Å². The van der Waals surface area contributed by atoms with Crippen molar-refractivity contribution >= 4 is 5.69 Å². The quantitative estimate of drug-likeness (QED) is 0.925. The van der Waals surface area contributed by atoms with E-state index in [4.69, 9.17) is 0 Å². The van der Waals surface area contributed by atoms with E-state index < -0.39 is 11.7 Å². The normalized spacial score (nSPS) is 16.4. The van der Waals surface area contributed by atoms with Gasteiger partial charge >= 0.3 is 6.18 Å². The van der Waals surface area contributed by atoms with E-state index in [1.54, 1.807) is 12.1 Å². The fourth-order valence-electron chi connectivity index (χ4n) is 2.94. The van der Waals surface area contributed by atoms with Crippen LogP contribution in [0.3, 0.4) is 0 Å². The van der Waals surface area contributed by atoms with Crippen molar-refractivity contribution in [3.05, 3.63) is 59.7 Å². The zero-order chi connectivity index (χ0) is 17.2. The highest BCUT2D eigenvalue weighted by Crippen LogP contribution is 2.30. The van der Waals surface area contributed by atoms with Gasteiger partial charge in [-0.05, 0) is 29.8 Å². The van der Waals surface area contributed by atoms with Gasteiger partial charge in [0.1, 0.15) is 5.75 Å². The number of halogens is 3. The minimum atomic E-state index is -4.29. The SMILES string of the molecule is Oc1ccccc1N1CCN(Cc2ccc(C(F)(F)F)cc2)CC1. The number of nitrogens with zero attached hydrogens (tertiary/aromatic N) is 2. The summed E-state index contributed by atoms with van der Waals surface area (Å²) in [6, 6.07) is 12.6. The lowest BCUT2D eigenvalue weighted by Crippen LogP contribution is -2.45. The maximum Gasteiger partial charge on any atom is 0.416 e. The van der Waals surface area contributed by atoms with Crippen LogP contribution in [0.1, 0.15) is 11.1 Å². The molecule has 1 N–H and O–H groups in total. The number of anilines is 1. The molecule has 0 radical (unpaired) electrons. The molecule has 2 aromatic rings. The van der Waals surface area contributed by atoms with Gasteiger partial charge in [0.2, 0.25) is 0 Å². The lowest BCUT2D eigenvalue weighted by molar-refractivity contribution is -0.137. The molecule has 1 heterocycles. The lowest BCUT2D eigenvalue weighted by atomic mass is 10.1. The van der Waals surface area contributed by atoms with Gasteiger partial charge in [-0.2, -0.15) is 13.2 Å². The molecule has 0 amide bonds. The smallest absolute Gasteiger partial charge is 0.416 e. The van der Waals surface area contributed by atoms with Crippen LogP contribution in [-0.2, 0) is 12.7 Å². The Bertz CT molecular complexity index is 677. The van der Waals surface area contributed by atoms with Crippen molar-refractivity contribution in [2.45, 2.75) is 12.7 Å². The average molecular weight is 336 g/mol. The van der Waals surface area contributed by atoms with Crippen molar-refractivity contribution in [1.29, 1.82) is 0 Å². The first-order chi connectivity index (χ1) is 11.4. The van der Waals surface area contributed by atoms with Crippen LogP contribution < -0.4 is 4.90 Å². The first-order valence-corrected chi connectivity index (χ1v) is 7.85. The molecular weight excluding hydrogens is 317 g/mol. The summed E-state index contributed by atoms with van der Waals surface area (Å²) in [7, 11) is 0. The maximum absolute atomic E-state index is 12.6.